The third kappa shape index (κ3) is 3.90. The maximum absolute atomic E-state index is 9.84. The van der Waals surface area contributed by atoms with E-state index in [1.165, 1.54) is 0 Å². The van der Waals surface area contributed by atoms with Crippen LogP contribution in [-0.4, -0.2) is 22.9 Å². The molecule has 0 amide bonds. The van der Waals surface area contributed by atoms with Gasteiger partial charge in [-0.1, -0.05) is 12.1 Å². The van der Waals surface area contributed by atoms with Crippen molar-refractivity contribution in [1.82, 2.24) is 4.98 Å². The van der Waals surface area contributed by atoms with E-state index >= 15 is 0 Å². The first kappa shape index (κ1) is 16.6. The molecule has 1 heterocycles. The van der Waals surface area contributed by atoms with Crippen LogP contribution in [0.4, 0.5) is 17.2 Å². The van der Waals surface area contributed by atoms with E-state index in [4.69, 9.17) is 4.74 Å². The predicted octanol–water partition coefficient (Wildman–Crippen LogP) is 3.51. The van der Waals surface area contributed by atoms with Gasteiger partial charge in [-0.05, 0) is 38.5 Å². The maximum atomic E-state index is 9.84. The largest absolute Gasteiger partial charge is 0.506 e. The fourth-order valence-corrected chi connectivity index (χ4v) is 2.20. The van der Waals surface area contributed by atoms with E-state index in [-0.39, 0.29) is 12.0 Å². The molecule has 2 aromatic rings. The molecule has 0 aliphatic carbocycles. The number of rotatable bonds is 6. The second-order valence-corrected chi connectivity index (χ2v) is 5.02. The Balaban J connectivity index is 2.31. The summed E-state index contributed by atoms with van der Waals surface area (Å²) in [4.78, 5) is 4.30. The lowest BCUT2D eigenvalue weighted by molar-refractivity contribution is 0.0960. The molecule has 0 spiro atoms. The fraction of sp³-hybridized carbons (Fsp3) is 0.294. The van der Waals surface area contributed by atoms with Crippen LogP contribution < -0.4 is 10.6 Å². The SMILES string of the molecule is CCOC(C)Nc1cnc(Nc2ccccc2O)c(C#N)c1C. The number of nitriles is 1. The van der Waals surface area contributed by atoms with E-state index in [0.29, 0.717) is 23.7 Å². The molecule has 0 bridgehead atoms. The van der Waals surface area contributed by atoms with E-state index in [9.17, 15) is 10.4 Å². The van der Waals surface area contributed by atoms with Gasteiger partial charge in [-0.3, -0.25) is 0 Å². The Morgan fingerprint density at radius 3 is 2.74 bits per heavy atom. The Labute approximate surface area is 135 Å². The molecule has 0 saturated heterocycles. The summed E-state index contributed by atoms with van der Waals surface area (Å²) >= 11 is 0. The van der Waals surface area contributed by atoms with Crippen LogP contribution in [0.1, 0.15) is 25.0 Å². The third-order valence-corrected chi connectivity index (χ3v) is 3.38. The summed E-state index contributed by atoms with van der Waals surface area (Å²) in [5.41, 5.74) is 2.43. The van der Waals surface area contributed by atoms with Gasteiger partial charge in [-0.2, -0.15) is 5.26 Å². The molecule has 1 aromatic heterocycles. The molecule has 120 valence electrons. The Morgan fingerprint density at radius 1 is 1.35 bits per heavy atom. The lowest BCUT2D eigenvalue weighted by Gasteiger charge is -2.18. The van der Waals surface area contributed by atoms with Crippen molar-refractivity contribution in [3.8, 4) is 11.8 Å². The predicted molar refractivity (Wildman–Crippen MR) is 89.8 cm³/mol. The third-order valence-electron chi connectivity index (χ3n) is 3.38. The number of anilines is 3. The van der Waals surface area contributed by atoms with Gasteiger partial charge in [-0.25, -0.2) is 4.98 Å². The number of nitrogens with one attached hydrogen (secondary N) is 2. The summed E-state index contributed by atoms with van der Waals surface area (Å²) in [7, 11) is 0. The van der Waals surface area contributed by atoms with Crippen LogP contribution in [0.5, 0.6) is 5.75 Å². The Bertz CT molecular complexity index is 725. The summed E-state index contributed by atoms with van der Waals surface area (Å²) < 4.78 is 5.45. The topological polar surface area (TPSA) is 90.2 Å². The summed E-state index contributed by atoms with van der Waals surface area (Å²) in [5, 5.41) is 25.5. The number of benzene rings is 1. The molecule has 1 unspecified atom stereocenters. The number of ether oxygens (including phenoxy) is 1. The van der Waals surface area contributed by atoms with Gasteiger partial charge in [0.1, 0.15) is 23.9 Å². The highest BCUT2D eigenvalue weighted by molar-refractivity contribution is 5.72. The molecule has 23 heavy (non-hydrogen) atoms. The number of phenolic OH excluding ortho intramolecular Hbond substituents is 1. The molecule has 1 atom stereocenters. The molecule has 3 N–H and O–H groups in total. The lowest BCUT2D eigenvalue weighted by atomic mass is 10.1. The van der Waals surface area contributed by atoms with Crippen molar-refractivity contribution in [2.45, 2.75) is 27.0 Å². The monoisotopic (exact) mass is 312 g/mol. The van der Waals surface area contributed by atoms with Crippen molar-refractivity contribution in [3.63, 3.8) is 0 Å². The normalized spacial score (nSPS) is 11.6. The number of phenols is 1. The Morgan fingerprint density at radius 2 is 2.09 bits per heavy atom. The van der Waals surface area contributed by atoms with Crippen LogP contribution in [0.3, 0.4) is 0 Å². The van der Waals surface area contributed by atoms with Crippen molar-refractivity contribution in [2.75, 3.05) is 17.2 Å². The number of hydrogen-bond acceptors (Lipinski definition) is 6. The minimum absolute atomic E-state index is 0.100. The van der Waals surface area contributed by atoms with Gasteiger partial charge in [0.2, 0.25) is 0 Å². The molecule has 1 aromatic carbocycles. The van der Waals surface area contributed by atoms with E-state index < -0.39 is 0 Å². The number of nitrogens with zero attached hydrogens (tertiary/aromatic N) is 2. The molecule has 0 saturated carbocycles. The number of aromatic hydroxyl groups is 1. The van der Waals surface area contributed by atoms with Gasteiger partial charge in [0, 0.05) is 6.61 Å². The van der Waals surface area contributed by atoms with Crippen LogP contribution in [0.2, 0.25) is 0 Å². The number of aromatic nitrogens is 1. The highest BCUT2D eigenvalue weighted by atomic mass is 16.5. The first-order chi connectivity index (χ1) is 11.1. The molecule has 6 heteroatoms. The summed E-state index contributed by atoms with van der Waals surface area (Å²) in [6.07, 6.45) is 1.47. The van der Waals surface area contributed by atoms with Crippen molar-refractivity contribution >= 4 is 17.2 Å². The Kier molecular flexibility index (Phi) is 5.39. The Hall–Kier alpha value is -2.78. The van der Waals surface area contributed by atoms with Gasteiger partial charge >= 0.3 is 0 Å². The average Bonchev–Trinajstić information content (AvgIpc) is 2.53. The molecule has 6 nitrogen and oxygen atoms in total. The minimum atomic E-state index is -0.177. The molecule has 0 fully saturated rings. The number of para-hydroxylation sites is 2. The van der Waals surface area contributed by atoms with E-state index in [1.807, 2.05) is 20.8 Å². The van der Waals surface area contributed by atoms with E-state index in [0.717, 1.165) is 11.3 Å². The molecular formula is C17H20N4O2. The van der Waals surface area contributed by atoms with Gasteiger partial charge in [0.25, 0.3) is 0 Å². The van der Waals surface area contributed by atoms with Crippen LogP contribution >= 0.6 is 0 Å². The number of pyridine rings is 1. The van der Waals surface area contributed by atoms with Gasteiger partial charge in [0.05, 0.1) is 23.1 Å². The summed E-state index contributed by atoms with van der Waals surface area (Å²) in [5.74, 6) is 0.504. The van der Waals surface area contributed by atoms with Crippen LogP contribution in [0.15, 0.2) is 30.5 Å². The minimum Gasteiger partial charge on any atom is -0.506 e. The average molecular weight is 312 g/mol. The quantitative estimate of drug-likeness (QED) is 0.558. The summed E-state index contributed by atoms with van der Waals surface area (Å²) in [6.45, 7) is 6.25. The van der Waals surface area contributed by atoms with Gasteiger partial charge in [-0.15, -0.1) is 0 Å². The van der Waals surface area contributed by atoms with Crippen molar-refractivity contribution < 1.29 is 9.84 Å². The second kappa shape index (κ2) is 7.47. The molecule has 0 aliphatic rings. The zero-order valence-corrected chi connectivity index (χ0v) is 13.4. The van der Waals surface area contributed by atoms with Gasteiger partial charge < -0.3 is 20.5 Å². The summed E-state index contributed by atoms with van der Waals surface area (Å²) in [6, 6.07) is 8.97. The molecule has 0 radical (unpaired) electrons. The van der Waals surface area contributed by atoms with E-state index in [1.54, 1.807) is 30.5 Å². The van der Waals surface area contributed by atoms with Crippen molar-refractivity contribution in [1.29, 1.82) is 5.26 Å². The first-order valence-corrected chi connectivity index (χ1v) is 7.39. The molecule has 0 aliphatic heterocycles. The fourth-order valence-electron chi connectivity index (χ4n) is 2.20. The zero-order chi connectivity index (χ0) is 16.8. The van der Waals surface area contributed by atoms with Crippen molar-refractivity contribution in [2.24, 2.45) is 0 Å². The zero-order valence-electron chi connectivity index (χ0n) is 13.4. The standard InChI is InChI=1S/C17H20N4O2/c1-4-23-12(3)20-15-10-19-17(13(9-18)11(15)2)21-14-7-5-6-8-16(14)22/h5-8,10,12,20,22H,4H2,1-3H3,(H,19,21). The maximum Gasteiger partial charge on any atom is 0.148 e. The highest BCUT2D eigenvalue weighted by Crippen LogP contribution is 2.30. The van der Waals surface area contributed by atoms with Crippen LogP contribution in [0, 0.1) is 18.3 Å². The highest BCUT2D eigenvalue weighted by Gasteiger charge is 2.14. The lowest BCUT2D eigenvalue weighted by Crippen LogP contribution is -2.20. The van der Waals surface area contributed by atoms with E-state index in [2.05, 4.69) is 21.7 Å². The van der Waals surface area contributed by atoms with Crippen LogP contribution in [-0.2, 0) is 4.74 Å². The van der Waals surface area contributed by atoms with Crippen molar-refractivity contribution in [3.05, 3.63) is 41.6 Å². The number of hydrogen-bond donors (Lipinski definition) is 3. The molecular weight excluding hydrogens is 292 g/mol. The molecule has 2 rings (SSSR count). The van der Waals surface area contributed by atoms with Gasteiger partial charge in [0.15, 0.2) is 0 Å². The van der Waals surface area contributed by atoms with Crippen LogP contribution in [0.25, 0.3) is 0 Å². The smallest absolute Gasteiger partial charge is 0.148 e. The first-order valence-electron chi connectivity index (χ1n) is 7.39. The second-order valence-electron chi connectivity index (χ2n) is 5.02.